The Bertz CT molecular complexity index is 576. The van der Waals surface area contributed by atoms with Crippen LogP contribution in [0, 0.1) is 5.92 Å². The van der Waals surface area contributed by atoms with E-state index >= 15 is 0 Å². The molecular formula is C19H30N4O2. The zero-order chi connectivity index (χ0) is 18.4. The fourth-order valence-electron chi connectivity index (χ4n) is 3.37. The Morgan fingerprint density at radius 3 is 2.72 bits per heavy atom. The van der Waals surface area contributed by atoms with Crippen molar-refractivity contribution in [1.29, 1.82) is 0 Å². The molecule has 0 N–H and O–H groups in total. The minimum atomic E-state index is -0.238. The van der Waals surface area contributed by atoms with Crippen LogP contribution in [0.2, 0.25) is 0 Å². The van der Waals surface area contributed by atoms with Gasteiger partial charge in [0.1, 0.15) is 0 Å². The van der Waals surface area contributed by atoms with E-state index in [1.54, 1.807) is 29.2 Å². The molecule has 2 atom stereocenters. The molecule has 0 radical (unpaired) electrons. The van der Waals surface area contributed by atoms with Crippen molar-refractivity contribution < 1.29 is 9.59 Å². The molecule has 1 aromatic heterocycles. The molecule has 1 aliphatic rings. The number of hydrogen-bond acceptors (Lipinski definition) is 4. The third kappa shape index (κ3) is 5.53. The van der Waals surface area contributed by atoms with Gasteiger partial charge in [-0.1, -0.05) is 12.5 Å². The molecule has 0 saturated carbocycles. The molecule has 0 aromatic carbocycles. The zero-order valence-electron chi connectivity index (χ0n) is 15.8. The predicted molar refractivity (Wildman–Crippen MR) is 97.8 cm³/mol. The quantitative estimate of drug-likeness (QED) is 0.831. The highest BCUT2D eigenvalue weighted by Gasteiger charge is 2.29. The normalized spacial score (nSPS) is 22.3. The summed E-state index contributed by atoms with van der Waals surface area (Å²) in [5.74, 6) is -0.131. The van der Waals surface area contributed by atoms with Crippen molar-refractivity contribution in [1.82, 2.24) is 19.7 Å². The summed E-state index contributed by atoms with van der Waals surface area (Å²) in [6.07, 6.45) is 6.52. The number of carbonyl (C=O) groups is 2. The van der Waals surface area contributed by atoms with E-state index in [9.17, 15) is 9.59 Å². The molecule has 2 rings (SSSR count). The van der Waals surface area contributed by atoms with E-state index in [2.05, 4.69) is 9.88 Å². The molecule has 2 heterocycles. The highest BCUT2D eigenvalue weighted by molar-refractivity contribution is 5.85. The lowest BCUT2D eigenvalue weighted by molar-refractivity contribution is -0.140. The topological polar surface area (TPSA) is 56.8 Å². The molecule has 0 aliphatic carbocycles. The summed E-state index contributed by atoms with van der Waals surface area (Å²) in [5.41, 5.74) is 0.998. The van der Waals surface area contributed by atoms with Crippen LogP contribution in [0.25, 0.3) is 0 Å². The van der Waals surface area contributed by atoms with Crippen LogP contribution in [0.4, 0.5) is 0 Å². The largest absolute Gasteiger partial charge is 0.344 e. The van der Waals surface area contributed by atoms with Crippen LogP contribution < -0.4 is 0 Å². The lowest BCUT2D eigenvalue weighted by Gasteiger charge is -2.28. The highest BCUT2D eigenvalue weighted by atomic mass is 16.2. The fraction of sp³-hybridized carbons (Fsp3) is 0.632. The Hall–Kier alpha value is -1.95. The Kier molecular flexibility index (Phi) is 6.93. The van der Waals surface area contributed by atoms with Crippen LogP contribution in [0.1, 0.15) is 31.2 Å². The molecule has 2 amide bonds. The van der Waals surface area contributed by atoms with Gasteiger partial charge in [0.25, 0.3) is 0 Å². The number of rotatable bonds is 4. The monoisotopic (exact) mass is 346 g/mol. The lowest BCUT2D eigenvalue weighted by atomic mass is 9.95. The van der Waals surface area contributed by atoms with Gasteiger partial charge >= 0.3 is 0 Å². The number of amides is 2. The molecule has 138 valence electrons. The summed E-state index contributed by atoms with van der Waals surface area (Å²) < 4.78 is 0. The lowest BCUT2D eigenvalue weighted by Crippen LogP contribution is -2.41. The third-order valence-electron chi connectivity index (χ3n) is 5.02. The molecule has 1 aliphatic heterocycles. The van der Waals surface area contributed by atoms with Crippen molar-refractivity contribution in [3.8, 4) is 0 Å². The summed E-state index contributed by atoms with van der Waals surface area (Å²) >= 11 is 0. The second kappa shape index (κ2) is 8.94. The SMILES string of the molecule is CN1CC(N(C)C)CCCC(C(=O)N(C)Cc2cccnc2)CC1=O. The van der Waals surface area contributed by atoms with Gasteiger partial charge in [0.15, 0.2) is 0 Å². The van der Waals surface area contributed by atoms with Gasteiger partial charge in [-0.15, -0.1) is 0 Å². The van der Waals surface area contributed by atoms with Crippen molar-refractivity contribution >= 4 is 11.8 Å². The first-order valence-electron chi connectivity index (χ1n) is 8.92. The minimum absolute atomic E-state index is 0.0499. The Morgan fingerprint density at radius 2 is 2.08 bits per heavy atom. The molecule has 0 bridgehead atoms. The zero-order valence-corrected chi connectivity index (χ0v) is 15.8. The van der Waals surface area contributed by atoms with Gasteiger partial charge in [0.05, 0.1) is 0 Å². The maximum absolute atomic E-state index is 12.9. The predicted octanol–water partition coefficient (Wildman–Crippen LogP) is 1.62. The highest BCUT2D eigenvalue weighted by Crippen LogP contribution is 2.22. The average Bonchev–Trinajstić information content (AvgIpc) is 2.65. The number of likely N-dealkylation sites (N-methyl/N-ethyl adjacent to an activating group) is 2. The van der Waals surface area contributed by atoms with Crippen LogP contribution in [0.5, 0.6) is 0 Å². The summed E-state index contributed by atoms with van der Waals surface area (Å²) in [6, 6.07) is 4.17. The molecule has 6 nitrogen and oxygen atoms in total. The van der Waals surface area contributed by atoms with E-state index in [4.69, 9.17) is 0 Å². The molecule has 1 fully saturated rings. The van der Waals surface area contributed by atoms with E-state index in [0.29, 0.717) is 19.0 Å². The van der Waals surface area contributed by atoms with Gasteiger partial charge in [-0.3, -0.25) is 14.6 Å². The Balaban J connectivity index is 2.03. The summed E-state index contributed by atoms with van der Waals surface area (Å²) in [7, 11) is 7.74. The molecule has 2 unspecified atom stereocenters. The number of carbonyl (C=O) groups excluding carboxylic acids is 2. The second-order valence-electron chi connectivity index (χ2n) is 7.28. The molecule has 6 heteroatoms. The molecule has 1 aromatic rings. The van der Waals surface area contributed by atoms with Gasteiger partial charge in [0.2, 0.25) is 11.8 Å². The standard InChI is InChI=1S/C19H30N4O2/c1-21(2)17-9-5-8-16(11-18(24)22(3)14-17)19(25)23(4)13-15-7-6-10-20-12-15/h6-7,10,12,16-17H,5,8-9,11,13-14H2,1-4H3. The van der Waals surface area contributed by atoms with Crippen LogP contribution in [-0.2, 0) is 16.1 Å². The van der Waals surface area contributed by atoms with Gasteiger partial charge in [-0.05, 0) is 38.6 Å². The summed E-state index contributed by atoms with van der Waals surface area (Å²) in [4.78, 5) is 35.1. The van der Waals surface area contributed by atoms with Crippen molar-refractivity contribution in [2.45, 2.75) is 38.3 Å². The van der Waals surface area contributed by atoms with E-state index in [1.807, 2.05) is 33.3 Å². The number of hydrogen-bond donors (Lipinski definition) is 0. The minimum Gasteiger partial charge on any atom is -0.344 e. The molecular weight excluding hydrogens is 316 g/mol. The smallest absolute Gasteiger partial charge is 0.226 e. The Labute approximate surface area is 150 Å². The summed E-state index contributed by atoms with van der Waals surface area (Å²) in [6.45, 7) is 1.24. The van der Waals surface area contributed by atoms with Crippen molar-refractivity contribution in [3.05, 3.63) is 30.1 Å². The van der Waals surface area contributed by atoms with E-state index < -0.39 is 0 Å². The summed E-state index contributed by atoms with van der Waals surface area (Å²) in [5, 5.41) is 0. The first-order valence-corrected chi connectivity index (χ1v) is 8.92. The molecule has 1 saturated heterocycles. The van der Waals surface area contributed by atoms with Crippen molar-refractivity contribution in [2.75, 3.05) is 34.7 Å². The molecule has 25 heavy (non-hydrogen) atoms. The Morgan fingerprint density at radius 1 is 1.32 bits per heavy atom. The van der Waals surface area contributed by atoms with Crippen LogP contribution in [0.3, 0.4) is 0 Å². The van der Waals surface area contributed by atoms with Gasteiger partial charge < -0.3 is 14.7 Å². The van der Waals surface area contributed by atoms with E-state index in [-0.39, 0.29) is 17.7 Å². The van der Waals surface area contributed by atoms with Crippen molar-refractivity contribution in [3.63, 3.8) is 0 Å². The van der Waals surface area contributed by atoms with E-state index in [0.717, 1.165) is 31.4 Å². The first-order chi connectivity index (χ1) is 11.9. The van der Waals surface area contributed by atoms with Crippen molar-refractivity contribution in [2.24, 2.45) is 5.92 Å². The number of pyridine rings is 1. The van der Waals surface area contributed by atoms with Crippen LogP contribution in [0.15, 0.2) is 24.5 Å². The first kappa shape index (κ1) is 19.4. The van der Waals surface area contributed by atoms with Gasteiger partial charge in [-0.25, -0.2) is 0 Å². The third-order valence-corrected chi connectivity index (χ3v) is 5.02. The van der Waals surface area contributed by atoms with E-state index in [1.165, 1.54) is 0 Å². The maximum Gasteiger partial charge on any atom is 0.226 e. The maximum atomic E-state index is 12.9. The van der Waals surface area contributed by atoms with Gasteiger partial charge in [0, 0.05) is 58.0 Å². The van der Waals surface area contributed by atoms with Gasteiger partial charge in [-0.2, -0.15) is 0 Å². The average molecular weight is 346 g/mol. The number of nitrogens with zero attached hydrogens (tertiary/aromatic N) is 4. The van der Waals surface area contributed by atoms with Crippen LogP contribution in [-0.4, -0.2) is 72.3 Å². The number of aromatic nitrogens is 1. The fourth-order valence-corrected chi connectivity index (χ4v) is 3.37. The molecule has 0 spiro atoms. The second-order valence-corrected chi connectivity index (χ2v) is 7.28. The van der Waals surface area contributed by atoms with Crippen LogP contribution >= 0.6 is 0 Å².